The molecule has 0 bridgehead atoms. The Morgan fingerprint density at radius 3 is 2.11 bits per heavy atom. The summed E-state index contributed by atoms with van der Waals surface area (Å²) in [5.41, 5.74) is 2.11. The first-order valence-corrected chi connectivity index (χ1v) is 10.5. The van der Waals surface area contributed by atoms with Gasteiger partial charge in [0.15, 0.2) is 9.84 Å². The third kappa shape index (κ3) is 5.03. The summed E-state index contributed by atoms with van der Waals surface area (Å²) in [7, 11) is -3.53. The molecule has 0 unspecified atom stereocenters. The van der Waals surface area contributed by atoms with Gasteiger partial charge in [-0.3, -0.25) is 4.79 Å². The highest BCUT2D eigenvalue weighted by atomic mass is 35.5. The Hall–Kier alpha value is -3.03. The van der Waals surface area contributed by atoms with Gasteiger partial charge in [0, 0.05) is 17.5 Å². The summed E-state index contributed by atoms with van der Waals surface area (Å²) in [5, 5.41) is 11.0. The van der Waals surface area contributed by atoms with E-state index in [1.54, 1.807) is 24.3 Å². The van der Waals surface area contributed by atoms with E-state index in [-0.39, 0.29) is 15.5 Å². The van der Waals surface area contributed by atoms with Gasteiger partial charge in [-0.2, -0.15) is 10.2 Å². The summed E-state index contributed by atoms with van der Waals surface area (Å²) in [4.78, 5) is 12.3. The fourth-order valence-electron chi connectivity index (χ4n) is 2.35. The molecule has 1 amide bonds. The maximum Gasteiger partial charge on any atom is 0.255 e. The van der Waals surface area contributed by atoms with Crippen molar-refractivity contribution in [2.24, 2.45) is 10.2 Å². The van der Waals surface area contributed by atoms with Gasteiger partial charge in [0.1, 0.15) is 0 Å². The average molecular weight is 414 g/mol. The molecule has 0 aliphatic rings. The molecule has 0 aliphatic heterocycles. The highest BCUT2D eigenvalue weighted by Crippen LogP contribution is 2.24. The van der Waals surface area contributed by atoms with E-state index in [1.807, 2.05) is 30.3 Å². The van der Waals surface area contributed by atoms with Gasteiger partial charge in [0.2, 0.25) is 0 Å². The van der Waals surface area contributed by atoms with Crippen LogP contribution in [0.5, 0.6) is 0 Å². The number of sulfone groups is 1. The van der Waals surface area contributed by atoms with Crippen molar-refractivity contribution in [2.75, 3.05) is 11.6 Å². The molecule has 0 aromatic heterocycles. The fourth-order valence-corrected chi connectivity index (χ4v) is 3.65. The number of carbonyl (C=O) groups is 1. The summed E-state index contributed by atoms with van der Waals surface area (Å²) >= 11 is 5.91. The summed E-state index contributed by atoms with van der Waals surface area (Å²) < 4.78 is 23.5. The number of halogens is 1. The van der Waals surface area contributed by atoms with Crippen LogP contribution in [0.1, 0.15) is 10.4 Å². The molecule has 0 fully saturated rings. The number of carbonyl (C=O) groups excluding carboxylic acids is 1. The zero-order valence-electron chi connectivity index (χ0n) is 14.8. The van der Waals surface area contributed by atoms with Gasteiger partial charge in [-0.05, 0) is 54.6 Å². The van der Waals surface area contributed by atoms with Gasteiger partial charge in [-0.1, -0.05) is 29.8 Å². The van der Waals surface area contributed by atoms with Gasteiger partial charge >= 0.3 is 0 Å². The number of hydrogen-bond acceptors (Lipinski definition) is 5. The van der Waals surface area contributed by atoms with Crippen LogP contribution in [0.4, 0.5) is 17.1 Å². The maximum atomic E-state index is 12.4. The standard InChI is InChI=1S/C20H16ClN3O3S/c1-28(26,27)19-13-14(7-12-18(19)21)20(25)22-15-8-10-17(11-9-15)24-23-16-5-3-2-4-6-16/h2-13H,1H3,(H,22,25). The van der Waals surface area contributed by atoms with Gasteiger partial charge in [-0.15, -0.1) is 0 Å². The van der Waals surface area contributed by atoms with Crippen molar-refractivity contribution >= 4 is 44.4 Å². The molecule has 6 nitrogen and oxygen atoms in total. The largest absolute Gasteiger partial charge is 0.322 e. The third-order valence-electron chi connectivity index (χ3n) is 3.76. The minimum Gasteiger partial charge on any atom is -0.322 e. The molecule has 142 valence electrons. The molecule has 8 heteroatoms. The van der Waals surface area contributed by atoms with Crippen LogP contribution in [-0.2, 0) is 9.84 Å². The van der Waals surface area contributed by atoms with Crippen molar-refractivity contribution in [1.29, 1.82) is 0 Å². The maximum absolute atomic E-state index is 12.4. The topological polar surface area (TPSA) is 88.0 Å². The lowest BCUT2D eigenvalue weighted by atomic mass is 10.2. The number of nitrogens with zero attached hydrogens (tertiary/aromatic N) is 2. The van der Waals surface area contributed by atoms with Gasteiger partial charge in [0.05, 0.1) is 21.3 Å². The lowest BCUT2D eigenvalue weighted by Gasteiger charge is -2.08. The molecular weight excluding hydrogens is 398 g/mol. The zero-order chi connectivity index (χ0) is 20.1. The van der Waals surface area contributed by atoms with Crippen LogP contribution >= 0.6 is 11.6 Å². The average Bonchev–Trinajstić information content (AvgIpc) is 2.67. The van der Waals surface area contributed by atoms with Crippen LogP contribution in [0.3, 0.4) is 0 Å². The zero-order valence-corrected chi connectivity index (χ0v) is 16.4. The fraction of sp³-hybridized carbons (Fsp3) is 0.0500. The van der Waals surface area contributed by atoms with Crippen LogP contribution in [-0.4, -0.2) is 20.6 Å². The monoisotopic (exact) mass is 413 g/mol. The van der Waals surface area contributed by atoms with E-state index in [4.69, 9.17) is 11.6 Å². The van der Waals surface area contributed by atoms with Crippen molar-refractivity contribution in [3.05, 3.63) is 83.4 Å². The molecule has 28 heavy (non-hydrogen) atoms. The minimum absolute atomic E-state index is 0.0761. The summed E-state index contributed by atoms with van der Waals surface area (Å²) in [6.45, 7) is 0. The van der Waals surface area contributed by atoms with E-state index in [0.717, 1.165) is 11.9 Å². The number of hydrogen-bond donors (Lipinski definition) is 1. The van der Waals surface area contributed by atoms with E-state index in [1.165, 1.54) is 18.2 Å². The van der Waals surface area contributed by atoms with Crippen molar-refractivity contribution in [1.82, 2.24) is 0 Å². The Bertz CT molecular complexity index is 1130. The molecule has 0 heterocycles. The number of azo groups is 1. The quantitative estimate of drug-likeness (QED) is 0.567. The summed E-state index contributed by atoms with van der Waals surface area (Å²) in [6, 6.07) is 20.2. The van der Waals surface area contributed by atoms with E-state index < -0.39 is 15.7 Å². The van der Waals surface area contributed by atoms with Crippen LogP contribution in [0.25, 0.3) is 0 Å². The molecule has 0 radical (unpaired) electrons. The first-order chi connectivity index (χ1) is 13.3. The third-order valence-corrected chi connectivity index (χ3v) is 5.33. The van der Waals surface area contributed by atoms with Crippen LogP contribution in [0, 0.1) is 0 Å². The second-order valence-electron chi connectivity index (χ2n) is 5.95. The number of anilines is 1. The van der Waals surface area contributed by atoms with Crippen LogP contribution in [0.15, 0.2) is 87.9 Å². The second-order valence-corrected chi connectivity index (χ2v) is 8.35. The number of benzene rings is 3. The molecule has 0 saturated carbocycles. The molecule has 1 N–H and O–H groups in total. The van der Waals surface area contributed by atoms with E-state index in [2.05, 4.69) is 15.5 Å². The normalized spacial score (nSPS) is 11.5. The lowest BCUT2D eigenvalue weighted by Crippen LogP contribution is -2.12. The highest BCUT2D eigenvalue weighted by molar-refractivity contribution is 7.90. The Morgan fingerprint density at radius 1 is 0.893 bits per heavy atom. The molecular formula is C20H16ClN3O3S. The van der Waals surface area contributed by atoms with Gasteiger partial charge in [0.25, 0.3) is 5.91 Å². The molecule has 3 aromatic carbocycles. The minimum atomic E-state index is -3.53. The number of amides is 1. The molecule has 3 rings (SSSR count). The summed E-state index contributed by atoms with van der Waals surface area (Å²) in [6.07, 6.45) is 1.04. The Kier molecular flexibility index (Phi) is 5.87. The molecule has 0 aliphatic carbocycles. The predicted molar refractivity (Wildman–Crippen MR) is 110 cm³/mol. The molecule has 0 spiro atoms. The molecule has 0 atom stereocenters. The summed E-state index contributed by atoms with van der Waals surface area (Å²) in [5.74, 6) is -0.444. The Labute approximate surface area is 167 Å². The first-order valence-electron chi connectivity index (χ1n) is 8.21. The number of nitrogens with one attached hydrogen (secondary N) is 1. The van der Waals surface area contributed by atoms with Gasteiger partial charge in [-0.25, -0.2) is 8.42 Å². The van der Waals surface area contributed by atoms with E-state index in [0.29, 0.717) is 11.4 Å². The van der Waals surface area contributed by atoms with Crippen molar-refractivity contribution in [3.63, 3.8) is 0 Å². The smallest absolute Gasteiger partial charge is 0.255 e. The SMILES string of the molecule is CS(=O)(=O)c1cc(C(=O)Nc2ccc(N=Nc3ccccc3)cc2)ccc1Cl. The van der Waals surface area contributed by atoms with Crippen molar-refractivity contribution < 1.29 is 13.2 Å². The molecule has 0 saturated heterocycles. The van der Waals surface area contributed by atoms with Crippen LogP contribution < -0.4 is 5.32 Å². The first kappa shape index (κ1) is 19.7. The van der Waals surface area contributed by atoms with Crippen LogP contribution in [0.2, 0.25) is 5.02 Å². The van der Waals surface area contributed by atoms with Crippen molar-refractivity contribution in [2.45, 2.75) is 4.90 Å². The second kappa shape index (κ2) is 8.33. The highest BCUT2D eigenvalue weighted by Gasteiger charge is 2.16. The predicted octanol–water partition coefficient (Wildman–Crippen LogP) is 5.41. The Morgan fingerprint density at radius 2 is 1.50 bits per heavy atom. The van der Waals surface area contributed by atoms with Gasteiger partial charge < -0.3 is 5.32 Å². The van der Waals surface area contributed by atoms with Crippen molar-refractivity contribution in [3.8, 4) is 0 Å². The van der Waals surface area contributed by atoms with E-state index >= 15 is 0 Å². The number of rotatable bonds is 5. The lowest BCUT2D eigenvalue weighted by molar-refractivity contribution is 0.102. The molecule has 3 aromatic rings. The Balaban J connectivity index is 1.72. The van der Waals surface area contributed by atoms with E-state index in [9.17, 15) is 13.2 Å².